The van der Waals surface area contributed by atoms with E-state index in [1.807, 2.05) is 0 Å². The van der Waals surface area contributed by atoms with Gasteiger partial charge in [0.25, 0.3) is 11.8 Å². The van der Waals surface area contributed by atoms with Crippen LogP contribution < -0.4 is 10.6 Å². The Labute approximate surface area is 199 Å². The topological polar surface area (TPSA) is 115 Å². The van der Waals surface area contributed by atoms with Gasteiger partial charge in [-0.2, -0.15) is 18.3 Å². The van der Waals surface area contributed by atoms with Crippen molar-refractivity contribution < 1.29 is 22.8 Å². The summed E-state index contributed by atoms with van der Waals surface area (Å²) >= 11 is 6.72. The number of nitrogens with zero attached hydrogens (tertiary/aromatic N) is 5. The van der Waals surface area contributed by atoms with Crippen LogP contribution in [0.5, 0.6) is 0 Å². The molecule has 2 N–H and O–H groups in total. The first-order chi connectivity index (χ1) is 16.0. The molecular formula is C20H15ClF3N7O2S. The van der Waals surface area contributed by atoms with Crippen LogP contribution in [0.4, 0.5) is 18.9 Å². The van der Waals surface area contributed by atoms with Crippen molar-refractivity contribution in [2.24, 2.45) is 7.05 Å². The first-order valence-electron chi connectivity index (χ1n) is 9.62. The number of nitrogens with one attached hydrogen (secondary N) is 2. The predicted molar refractivity (Wildman–Crippen MR) is 119 cm³/mol. The van der Waals surface area contributed by atoms with E-state index in [-0.39, 0.29) is 16.3 Å². The fraction of sp³-hybridized carbons (Fsp3) is 0.200. The minimum Gasteiger partial charge on any atom is -0.342 e. The summed E-state index contributed by atoms with van der Waals surface area (Å²) in [5, 5.41) is 9.73. The number of hydrogen-bond acceptors (Lipinski definition) is 7. The molecule has 0 aliphatic heterocycles. The van der Waals surface area contributed by atoms with E-state index in [0.717, 1.165) is 29.5 Å². The minimum atomic E-state index is -4.60. The number of hydrogen-bond donors (Lipinski definition) is 2. The fourth-order valence-electron chi connectivity index (χ4n) is 3.08. The number of carbonyl (C=O) groups excluding carboxylic acids is 2. The Morgan fingerprint density at radius 3 is 2.62 bits per heavy atom. The van der Waals surface area contributed by atoms with Crippen molar-refractivity contribution in [3.05, 3.63) is 63.1 Å². The second kappa shape index (κ2) is 8.99. The van der Waals surface area contributed by atoms with Crippen LogP contribution in [-0.4, -0.2) is 36.5 Å². The van der Waals surface area contributed by atoms with Crippen molar-refractivity contribution in [1.82, 2.24) is 30.0 Å². The van der Waals surface area contributed by atoms with E-state index >= 15 is 0 Å². The number of aromatic nitrogens is 5. The highest BCUT2D eigenvalue weighted by molar-refractivity contribution is 7.13. The van der Waals surface area contributed by atoms with Gasteiger partial charge in [-0.15, -0.1) is 11.3 Å². The number of aryl methyl sites for hydroxylation is 1. The van der Waals surface area contributed by atoms with E-state index in [1.54, 1.807) is 14.0 Å². The monoisotopic (exact) mass is 509 g/mol. The van der Waals surface area contributed by atoms with Crippen LogP contribution in [0.3, 0.4) is 0 Å². The van der Waals surface area contributed by atoms with Crippen LogP contribution in [-0.2, 0) is 13.2 Å². The lowest BCUT2D eigenvalue weighted by Gasteiger charge is -2.11. The summed E-state index contributed by atoms with van der Waals surface area (Å²) in [6.45, 7) is 1.69. The molecule has 0 aliphatic rings. The van der Waals surface area contributed by atoms with Crippen molar-refractivity contribution in [2.45, 2.75) is 19.1 Å². The van der Waals surface area contributed by atoms with Gasteiger partial charge in [-0.1, -0.05) is 11.6 Å². The van der Waals surface area contributed by atoms with Gasteiger partial charge in [0.2, 0.25) is 0 Å². The largest absolute Gasteiger partial charge is 0.417 e. The summed E-state index contributed by atoms with van der Waals surface area (Å²) in [5.41, 5.74) is -0.240. The van der Waals surface area contributed by atoms with Crippen molar-refractivity contribution in [1.29, 1.82) is 0 Å². The summed E-state index contributed by atoms with van der Waals surface area (Å²) in [4.78, 5) is 37.7. The summed E-state index contributed by atoms with van der Waals surface area (Å²) in [5.74, 6) is -1.04. The van der Waals surface area contributed by atoms with E-state index in [2.05, 4.69) is 30.7 Å². The third-order valence-electron chi connectivity index (χ3n) is 4.74. The maximum absolute atomic E-state index is 12.8. The molecule has 0 fully saturated rings. The number of anilines is 1. The normalized spacial score (nSPS) is 12.5. The Bertz CT molecular complexity index is 1400. The minimum absolute atomic E-state index is 0.101. The van der Waals surface area contributed by atoms with Gasteiger partial charge in [-0.05, 0) is 25.1 Å². The molecule has 0 radical (unpaired) electrons. The lowest BCUT2D eigenvalue weighted by molar-refractivity contribution is -0.137. The standard InChI is InChI=1S/C20H15ClF3N7O2S/c1-9(29-18(33)15-11-6-28-31(2)16(11)27-8-26-15)19-25-7-14(34-19)17(32)30-10-3-4-12(13(21)5-10)20(22,23)24/h3-9H,1-2H3,(H,29,33)(H,30,32). The number of benzene rings is 1. The number of halogens is 4. The van der Waals surface area contributed by atoms with Crippen molar-refractivity contribution in [3.8, 4) is 0 Å². The number of carbonyl (C=O) groups is 2. The quantitative estimate of drug-likeness (QED) is 0.416. The van der Waals surface area contributed by atoms with Gasteiger partial charge in [-0.3, -0.25) is 14.3 Å². The van der Waals surface area contributed by atoms with Gasteiger partial charge >= 0.3 is 6.18 Å². The molecule has 34 heavy (non-hydrogen) atoms. The number of fused-ring (bicyclic) bond motifs is 1. The highest BCUT2D eigenvalue weighted by Gasteiger charge is 2.33. The highest BCUT2D eigenvalue weighted by Crippen LogP contribution is 2.36. The molecular weight excluding hydrogens is 495 g/mol. The predicted octanol–water partition coefficient (Wildman–Crippen LogP) is 4.24. The second-order valence-electron chi connectivity index (χ2n) is 7.13. The zero-order chi connectivity index (χ0) is 24.6. The smallest absolute Gasteiger partial charge is 0.342 e. The average Bonchev–Trinajstić information content (AvgIpc) is 3.40. The molecule has 0 aliphatic carbocycles. The van der Waals surface area contributed by atoms with Gasteiger partial charge in [-0.25, -0.2) is 15.0 Å². The van der Waals surface area contributed by atoms with Crippen molar-refractivity contribution in [2.75, 3.05) is 5.32 Å². The second-order valence-corrected chi connectivity index (χ2v) is 8.60. The SMILES string of the molecule is CC(NC(=O)c1ncnc2c1cnn2C)c1ncc(C(=O)Nc2ccc(C(F)(F)F)c(Cl)c2)s1. The van der Waals surface area contributed by atoms with Gasteiger partial charge in [0.1, 0.15) is 21.9 Å². The molecule has 0 spiro atoms. The van der Waals surface area contributed by atoms with Crippen molar-refractivity contribution >= 4 is 51.5 Å². The third kappa shape index (κ3) is 4.70. The van der Waals surface area contributed by atoms with Crippen LogP contribution in [0.2, 0.25) is 5.02 Å². The molecule has 14 heteroatoms. The van der Waals surface area contributed by atoms with E-state index in [0.29, 0.717) is 16.0 Å². The Balaban J connectivity index is 1.44. The molecule has 9 nitrogen and oxygen atoms in total. The molecule has 1 unspecified atom stereocenters. The van der Waals surface area contributed by atoms with Crippen molar-refractivity contribution in [3.63, 3.8) is 0 Å². The zero-order valence-electron chi connectivity index (χ0n) is 17.5. The lowest BCUT2D eigenvalue weighted by Crippen LogP contribution is -2.27. The molecule has 2 amide bonds. The first kappa shape index (κ1) is 23.6. The van der Waals surface area contributed by atoms with Gasteiger partial charge in [0, 0.05) is 12.7 Å². The molecule has 0 saturated heterocycles. The molecule has 176 valence electrons. The number of amides is 2. The summed E-state index contributed by atoms with van der Waals surface area (Å²) in [6, 6.07) is 2.37. The van der Waals surface area contributed by atoms with E-state index in [9.17, 15) is 22.8 Å². The number of alkyl halides is 3. The van der Waals surface area contributed by atoms with Gasteiger partial charge < -0.3 is 10.6 Å². The first-order valence-corrected chi connectivity index (χ1v) is 10.8. The summed E-state index contributed by atoms with van der Waals surface area (Å²) in [7, 11) is 1.69. The Kier molecular flexibility index (Phi) is 6.23. The molecule has 4 rings (SSSR count). The third-order valence-corrected chi connectivity index (χ3v) is 6.23. The maximum Gasteiger partial charge on any atom is 0.417 e. The molecule has 0 saturated carbocycles. The Hall–Kier alpha value is -3.58. The molecule has 1 aromatic carbocycles. The Morgan fingerprint density at radius 2 is 1.91 bits per heavy atom. The molecule has 4 aromatic rings. The van der Waals surface area contributed by atoms with E-state index < -0.39 is 34.6 Å². The van der Waals surface area contributed by atoms with E-state index in [1.165, 1.54) is 23.4 Å². The van der Waals surface area contributed by atoms with Crippen LogP contribution in [0.25, 0.3) is 11.0 Å². The van der Waals surface area contributed by atoms with Gasteiger partial charge in [0.15, 0.2) is 5.65 Å². The lowest BCUT2D eigenvalue weighted by atomic mass is 10.2. The zero-order valence-corrected chi connectivity index (χ0v) is 19.1. The fourth-order valence-corrected chi connectivity index (χ4v) is 4.18. The average molecular weight is 510 g/mol. The molecule has 0 bridgehead atoms. The van der Waals surface area contributed by atoms with Crippen LogP contribution in [0, 0.1) is 0 Å². The maximum atomic E-state index is 12.8. The summed E-state index contributed by atoms with van der Waals surface area (Å²) < 4.78 is 40.1. The van der Waals surface area contributed by atoms with E-state index in [4.69, 9.17) is 11.6 Å². The molecule has 1 atom stereocenters. The molecule has 3 heterocycles. The van der Waals surface area contributed by atoms with Crippen LogP contribution >= 0.6 is 22.9 Å². The van der Waals surface area contributed by atoms with Crippen LogP contribution in [0.1, 0.15) is 43.7 Å². The summed E-state index contributed by atoms with van der Waals surface area (Å²) in [6.07, 6.45) is -0.522. The number of rotatable bonds is 5. The van der Waals surface area contributed by atoms with Gasteiger partial charge in [0.05, 0.1) is 34.4 Å². The number of thiazole rings is 1. The Morgan fingerprint density at radius 1 is 1.15 bits per heavy atom. The molecule has 3 aromatic heterocycles. The highest BCUT2D eigenvalue weighted by atomic mass is 35.5. The van der Waals surface area contributed by atoms with Crippen LogP contribution in [0.15, 0.2) is 36.9 Å².